The van der Waals surface area contributed by atoms with Gasteiger partial charge in [0.05, 0.1) is 17.1 Å². The number of carbonyl (C=O) groups excluding carboxylic acids is 1. The van der Waals surface area contributed by atoms with Crippen molar-refractivity contribution in [3.63, 3.8) is 0 Å². The van der Waals surface area contributed by atoms with Gasteiger partial charge in [-0.15, -0.1) is 16.4 Å². The average Bonchev–Trinajstić information content (AvgIpc) is 3.32. The Hall–Kier alpha value is -3.03. The second kappa shape index (κ2) is 8.61. The Bertz CT molecular complexity index is 1280. The molecule has 0 radical (unpaired) electrons. The molecule has 2 aromatic carbocycles. The molecule has 1 amide bonds. The number of hydrogen-bond acceptors (Lipinski definition) is 5. The third kappa shape index (κ3) is 4.24. The van der Waals surface area contributed by atoms with Gasteiger partial charge in [0.2, 0.25) is 0 Å². The zero-order valence-corrected chi connectivity index (χ0v) is 19.3. The molecule has 2 aromatic heterocycles. The predicted octanol–water partition coefficient (Wildman–Crippen LogP) is 5.21. The molecule has 4 rings (SSSR count). The van der Waals surface area contributed by atoms with Crippen molar-refractivity contribution in [1.82, 2.24) is 25.3 Å². The van der Waals surface area contributed by atoms with Crippen molar-refractivity contribution in [2.45, 2.75) is 34.2 Å². The highest BCUT2D eigenvalue weighted by atomic mass is 35.5. The number of carbonyl (C=O) groups is 1. The van der Waals surface area contributed by atoms with Crippen molar-refractivity contribution in [2.75, 3.05) is 0 Å². The number of nitrogens with one attached hydrogen (secondary N) is 1. The summed E-state index contributed by atoms with van der Waals surface area (Å²) in [5.41, 5.74) is 6.45. The van der Waals surface area contributed by atoms with Gasteiger partial charge in [0.15, 0.2) is 0 Å². The lowest BCUT2D eigenvalue weighted by Gasteiger charge is -2.06. The van der Waals surface area contributed by atoms with Crippen LogP contribution < -0.4 is 5.32 Å². The second-order valence-corrected chi connectivity index (χ2v) is 8.82. The number of rotatable bonds is 5. The van der Waals surface area contributed by atoms with Crippen LogP contribution in [0.15, 0.2) is 42.5 Å². The van der Waals surface area contributed by atoms with Crippen molar-refractivity contribution >= 4 is 28.8 Å². The lowest BCUT2D eigenvalue weighted by Crippen LogP contribution is -2.22. The number of amides is 1. The first-order valence-electron chi connectivity index (χ1n) is 9.84. The molecular weight excluding hydrogens is 430 g/mol. The van der Waals surface area contributed by atoms with Gasteiger partial charge in [-0.25, -0.2) is 9.67 Å². The van der Waals surface area contributed by atoms with Crippen LogP contribution >= 0.6 is 22.9 Å². The molecule has 0 bridgehead atoms. The third-order valence-corrected chi connectivity index (χ3v) is 6.76. The van der Waals surface area contributed by atoms with E-state index < -0.39 is 0 Å². The van der Waals surface area contributed by atoms with E-state index in [1.54, 1.807) is 10.7 Å². The molecule has 0 spiro atoms. The van der Waals surface area contributed by atoms with E-state index in [9.17, 15) is 4.79 Å². The summed E-state index contributed by atoms with van der Waals surface area (Å²) in [4.78, 5) is 17.9. The van der Waals surface area contributed by atoms with Crippen molar-refractivity contribution < 1.29 is 4.79 Å². The molecule has 4 aromatic rings. The number of benzene rings is 2. The molecule has 0 atom stereocenters. The molecule has 31 heavy (non-hydrogen) atoms. The molecule has 0 unspecified atom stereocenters. The minimum absolute atomic E-state index is 0.180. The summed E-state index contributed by atoms with van der Waals surface area (Å²) in [7, 11) is 0. The number of thiazole rings is 1. The molecule has 8 heteroatoms. The minimum Gasteiger partial charge on any atom is -0.347 e. The van der Waals surface area contributed by atoms with Gasteiger partial charge in [0, 0.05) is 11.6 Å². The van der Waals surface area contributed by atoms with Crippen molar-refractivity contribution in [3.05, 3.63) is 80.4 Å². The molecule has 0 aliphatic carbocycles. The topological polar surface area (TPSA) is 72.7 Å². The first-order valence-corrected chi connectivity index (χ1v) is 11.0. The third-order valence-electron chi connectivity index (χ3n) is 5.23. The maximum absolute atomic E-state index is 12.8. The van der Waals surface area contributed by atoms with Gasteiger partial charge in [-0.2, -0.15) is 0 Å². The van der Waals surface area contributed by atoms with Crippen LogP contribution in [-0.2, 0) is 6.54 Å². The van der Waals surface area contributed by atoms with E-state index >= 15 is 0 Å². The lowest BCUT2D eigenvalue weighted by atomic mass is 10.1. The van der Waals surface area contributed by atoms with Crippen LogP contribution in [0.25, 0.3) is 16.4 Å². The van der Waals surface area contributed by atoms with Crippen LogP contribution in [0.1, 0.15) is 37.7 Å². The summed E-state index contributed by atoms with van der Waals surface area (Å²) in [6, 6.07) is 13.6. The van der Waals surface area contributed by atoms with Crippen molar-refractivity contribution in [3.8, 4) is 16.4 Å². The van der Waals surface area contributed by atoms with Gasteiger partial charge < -0.3 is 5.32 Å². The summed E-state index contributed by atoms with van der Waals surface area (Å²) in [5.74, 6) is -0.180. The van der Waals surface area contributed by atoms with Crippen molar-refractivity contribution in [1.29, 1.82) is 0 Å². The lowest BCUT2D eigenvalue weighted by molar-refractivity contribution is 0.0954. The van der Waals surface area contributed by atoms with Crippen molar-refractivity contribution in [2.24, 2.45) is 0 Å². The molecule has 6 nitrogen and oxygen atoms in total. The maximum Gasteiger partial charge on any atom is 0.263 e. The molecular formula is C23H22ClN5OS. The van der Waals surface area contributed by atoms with Gasteiger partial charge in [0.1, 0.15) is 15.6 Å². The highest BCUT2D eigenvalue weighted by Crippen LogP contribution is 2.30. The normalized spacial score (nSPS) is 11.0. The maximum atomic E-state index is 12.8. The van der Waals surface area contributed by atoms with E-state index in [1.807, 2.05) is 38.1 Å². The Morgan fingerprint density at radius 1 is 1.10 bits per heavy atom. The molecule has 0 saturated carbocycles. The number of aryl methyl sites for hydroxylation is 3. The Balaban J connectivity index is 1.57. The fourth-order valence-electron chi connectivity index (χ4n) is 3.24. The summed E-state index contributed by atoms with van der Waals surface area (Å²) in [6.45, 7) is 8.29. The van der Waals surface area contributed by atoms with E-state index in [4.69, 9.17) is 11.6 Å². The molecule has 0 saturated heterocycles. The summed E-state index contributed by atoms with van der Waals surface area (Å²) in [5, 5.41) is 12.9. The van der Waals surface area contributed by atoms with Gasteiger partial charge in [-0.1, -0.05) is 41.1 Å². The molecule has 1 N–H and O–H groups in total. The second-order valence-electron chi connectivity index (χ2n) is 7.41. The monoisotopic (exact) mass is 451 g/mol. The van der Waals surface area contributed by atoms with Crippen LogP contribution in [0.4, 0.5) is 0 Å². The summed E-state index contributed by atoms with van der Waals surface area (Å²) >= 11 is 7.50. The zero-order chi connectivity index (χ0) is 22.1. The van der Waals surface area contributed by atoms with E-state index in [0.717, 1.165) is 16.9 Å². The Morgan fingerprint density at radius 2 is 1.87 bits per heavy atom. The van der Waals surface area contributed by atoms with E-state index in [1.165, 1.54) is 22.5 Å². The number of hydrogen-bond donors (Lipinski definition) is 1. The largest absolute Gasteiger partial charge is 0.347 e. The first kappa shape index (κ1) is 21.2. The van der Waals surface area contributed by atoms with E-state index in [-0.39, 0.29) is 5.91 Å². The van der Waals surface area contributed by atoms with E-state index in [2.05, 4.69) is 46.6 Å². The van der Waals surface area contributed by atoms with Crippen LogP contribution in [-0.4, -0.2) is 25.9 Å². The molecule has 158 valence electrons. The Labute approximate surface area is 189 Å². The van der Waals surface area contributed by atoms with Crippen LogP contribution in [0.2, 0.25) is 5.02 Å². The molecule has 0 aliphatic heterocycles. The highest BCUT2D eigenvalue weighted by Gasteiger charge is 2.21. The predicted molar refractivity (Wildman–Crippen MR) is 124 cm³/mol. The Morgan fingerprint density at radius 3 is 2.61 bits per heavy atom. The first-order chi connectivity index (χ1) is 14.8. The summed E-state index contributed by atoms with van der Waals surface area (Å²) in [6.07, 6.45) is 0. The minimum atomic E-state index is -0.180. The van der Waals surface area contributed by atoms with Crippen LogP contribution in [0, 0.1) is 27.7 Å². The fraction of sp³-hybridized carbons (Fsp3) is 0.217. The molecule has 0 aliphatic rings. The quantitative estimate of drug-likeness (QED) is 0.452. The fourth-order valence-corrected chi connectivity index (χ4v) is 4.46. The average molecular weight is 452 g/mol. The van der Waals surface area contributed by atoms with Crippen LogP contribution in [0.5, 0.6) is 0 Å². The number of nitrogens with zero attached hydrogens (tertiary/aromatic N) is 4. The van der Waals surface area contributed by atoms with Gasteiger partial charge in [0.25, 0.3) is 5.91 Å². The highest BCUT2D eigenvalue weighted by molar-refractivity contribution is 7.17. The van der Waals surface area contributed by atoms with Crippen LogP contribution in [0.3, 0.4) is 0 Å². The molecule has 2 heterocycles. The van der Waals surface area contributed by atoms with Gasteiger partial charge in [-0.05, 0) is 62.6 Å². The smallest absolute Gasteiger partial charge is 0.263 e. The standard InChI is InChI=1S/C23H22ClN5OS/c1-13-9-10-18(11-14(13)2)29-16(4)20(27-28-29)23-26-15(3)21(31-23)22(30)25-12-17-7-5-6-8-19(17)24/h5-11H,12H2,1-4H3,(H,25,30). The molecule has 0 fully saturated rings. The SMILES string of the molecule is Cc1ccc(-n2nnc(-c3nc(C)c(C(=O)NCc4ccccc4Cl)s3)c2C)cc1C. The Kier molecular flexibility index (Phi) is 5.89. The number of halogens is 1. The van der Waals surface area contributed by atoms with Gasteiger partial charge in [-0.3, -0.25) is 4.79 Å². The van der Waals surface area contributed by atoms with E-state index in [0.29, 0.717) is 32.8 Å². The van der Waals surface area contributed by atoms with Gasteiger partial charge >= 0.3 is 0 Å². The number of aromatic nitrogens is 4. The zero-order valence-electron chi connectivity index (χ0n) is 17.7. The summed E-state index contributed by atoms with van der Waals surface area (Å²) < 4.78 is 1.80.